The van der Waals surface area contributed by atoms with E-state index < -0.39 is 0 Å². The van der Waals surface area contributed by atoms with E-state index in [4.69, 9.17) is 0 Å². The van der Waals surface area contributed by atoms with Gasteiger partial charge in [0.05, 0.1) is 18.4 Å². The Balaban J connectivity index is 2.02. The number of amides is 1. The molecule has 7 nitrogen and oxygen atoms in total. The summed E-state index contributed by atoms with van der Waals surface area (Å²) in [5.41, 5.74) is 1.60. The summed E-state index contributed by atoms with van der Waals surface area (Å²) in [4.78, 5) is 16.0. The van der Waals surface area contributed by atoms with Gasteiger partial charge in [0.2, 0.25) is 0 Å². The van der Waals surface area contributed by atoms with E-state index in [0.29, 0.717) is 12.2 Å². The number of thioether (sulfide) groups is 1. The molecule has 1 amide bonds. The minimum atomic E-state index is -0.305. The smallest absolute Gasteiger partial charge is 0.275 e. The first-order valence-corrected chi connectivity index (χ1v) is 6.48. The van der Waals surface area contributed by atoms with Crippen molar-refractivity contribution >= 4 is 17.7 Å². The minimum Gasteiger partial charge on any atom is -0.345 e. The van der Waals surface area contributed by atoms with Crippen molar-refractivity contribution in [3.8, 4) is 0 Å². The van der Waals surface area contributed by atoms with Crippen molar-refractivity contribution in [2.75, 3.05) is 6.26 Å². The highest BCUT2D eigenvalue weighted by Gasteiger charge is 2.15. The Kier molecular flexibility index (Phi) is 3.66. The van der Waals surface area contributed by atoms with Crippen LogP contribution in [0.15, 0.2) is 16.0 Å². The van der Waals surface area contributed by atoms with E-state index in [1.807, 2.05) is 17.9 Å². The third kappa shape index (κ3) is 2.37. The van der Waals surface area contributed by atoms with Gasteiger partial charge in [-0.3, -0.25) is 4.79 Å². The van der Waals surface area contributed by atoms with Crippen LogP contribution in [0.25, 0.3) is 0 Å². The summed E-state index contributed by atoms with van der Waals surface area (Å²) in [5.74, 6) is -0.305. The fourth-order valence-electron chi connectivity index (χ4n) is 1.47. The third-order valence-electron chi connectivity index (χ3n) is 2.52. The van der Waals surface area contributed by atoms with Crippen molar-refractivity contribution in [2.45, 2.75) is 18.6 Å². The molecule has 0 radical (unpaired) electrons. The lowest BCUT2D eigenvalue weighted by atomic mass is 10.3. The van der Waals surface area contributed by atoms with Crippen molar-refractivity contribution in [1.29, 1.82) is 0 Å². The van der Waals surface area contributed by atoms with Crippen molar-refractivity contribution in [3.05, 3.63) is 23.3 Å². The molecular weight excluding hydrogens is 254 g/mol. The summed E-state index contributed by atoms with van der Waals surface area (Å²) in [6.07, 6.45) is 3.69. The van der Waals surface area contributed by atoms with Gasteiger partial charge < -0.3 is 9.88 Å². The highest BCUT2D eigenvalue weighted by Crippen LogP contribution is 2.13. The van der Waals surface area contributed by atoms with Crippen molar-refractivity contribution in [3.63, 3.8) is 0 Å². The molecule has 96 valence electrons. The SMILES string of the molecule is CSc1ncc(CNC(=O)c2nonc2C)n1C. The summed E-state index contributed by atoms with van der Waals surface area (Å²) in [6.45, 7) is 2.05. The average molecular weight is 267 g/mol. The van der Waals surface area contributed by atoms with Gasteiger partial charge in [0.25, 0.3) is 5.91 Å². The van der Waals surface area contributed by atoms with Crippen LogP contribution in [0.2, 0.25) is 0 Å². The number of hydrogen-bond donors (Lipinski definition) is 1. The molecule has 0 atom stereocenters. The highest BCUT2D eigenvalue weighted by molar-refractivity contribution is 7.98. The van der Waals surface area contributed by atoms with Gasteiger partial charge in [-0.05, 0) is 18.3 Å². The van der Waals surface area contributed by atoms with Crippen LogP contribution >= 0.6 is 11.8 Å². The van der Waals surface area contributed by atoms with Gasteiger partial charge in [0, 0.05) is 7.05 Å². The summed E-state index contributed by atoms with van der Waals surface area (Å²) in [6, 6.07) is 0. The molecule has 0 spiro atoms. The second-order valence-electron chi connectivity index (χ2n) is 3.68. The first-order chi connectivity index (χ1) is 8.63. The van der Waals surface area contributed by atoms with Gasteiger partial charge in [-0.15, -0.1) is 0 Å². The maximum Gasteiger partial charge on any atom is 0.275 e. The molecule has 1 N–H and O–H groups in total. The molecule has 18 heavy (non-hydrogen) atoms. The van der Waals surface area contributed by atoms with Crippen LogP contribution in [0.5, 0.6) is 0 Å². The largest absolute Gasteiger partial charge is 0.345 e. The summed E-state index contributed by atoms with van der Waals surface area (Å²) >= 11 is 1.55. The van der Waals surface area contributed by atoms with E-state index in [2.05, 4.69) is 25.2 Å². The van der Waals surface area contributed by atoms with Gasteiger partial charge >= 0.3 is 0 Å². The molecule has 0 fully saturated rings. The maximum absolute atomic E-state index is 11.8. The molecule has 0 aromatic carbocycles. The Labute approximate surface area is 108 Å². The summed E-state index contributed by atoms with van der Waals surface area (Å²) < 4.78 is 6.41. The molecule has 0 unspecified atom stereocenters. The molecule has 0 bridgehead atoms. The Morgan fingerprint density at radius 1 is 1.56 bits per heavy atom. The molecular formula is C10H13N5O2S. The average Bonchev–Trinajstić information content (AvgIpc) is 2.93. The number of hydrogen-bond acceptors (Lipinski definition) is 6. The zero-order chi connectivity index (χ0) is 13.1. The lowest BCUT2D eigenvalue weighted by molar-refractivity contribution is 0.0940. The minimum absolute atomic E-state index is 0.210. The van der Waals surface area contributed by atoms with Crippen LogP contribution in [0, 0.1) is 6.92 Å². The number of aromatic nitrogens is 4. The number of carbonyl (C=O) groups is 1. The normalized spacial score (nSPS) is 10.6. The van der Waals surface area contributed by atoms with Crippen LogP contribution in [-0.2, 0) is 13.6 Å². The molecule has 2 aromatic rings. The van der Waals surface area contributed by atoms with Gasteiger partial charge in [0.15, 0.2) is 10.9 Å². The molecule has 0 aliphatic rings. The molecule has 2 heterocycles. The number of nitrogens with zero attached hydrogens (tertiary/aromatic N) is 4. The van der Waals surface area contributed by atoms with Crippen molar-refractivity contribution in [1.82, 2.24) is 25.2 Å². The van der Waals surface area contributed by atoms with Crippen LogP contribution in [0.4, 0.5) is 0 Å². The van der Waals surface area contributed by atoms with E-state index in [1.54, 1.807) is 24.9 Å². The summed E-state index contributed by atoms with van der Waals surface area (Å²) in [7, 11) is 1.91. The fourth-order valence-corrected chi connectivity index (χ4v) is 2.02. The van der Waals surface area contributed by atoms with E-state index in [1.165, 1.54) is 0 Å². The van der Waals surface area contributed by atoms with E-state index >= 15 is 0 Å². The van der Waals surface area contributed by atoms with E-state index in [0.717, 1.165) is 10.9 Å². The van der Waals surface area contributed by atoms with Gasteiger partial charge in [0.1, 0.15) is 5.69 Å². The monoisotopic (exact) mass is 267 g/mol. The molecule has 0 saturated carbocycles. The Morgan fingerprint density at radius 2 is 2.33 bits per heavy atom. The van der Waals surface area contributed by atoms with Gasteiger partial charge in [-0.1, -0.05) is 16.9 Å². The van der Waals surface area contributed by atoms with Crippen LogP contribution < -0.4 is 5.32 Å². The number of carbonyl (C=O) groups excluding carboxylic acids is 1. The second-order valence-corrected chi connectivity index (χ2v) is 4.45. The molecule has 0 saturated heterocycles. The lowest BCUT2D eigenvalue weighted by Gasteiger charge is -2.05. The van der Waals surface area contributed by atoms with Crippen molar-refractivity contribution < 1.29 is 9.42 Å². The Morgan fingerprint density at radius 3 is 2.89 bits per heavy atom. The number of rotatable bonds is 4. The van der Waals surface area contributed by atoms with Gasteiger partial charge in [-0.2, -0.15) is 0 Å². The second kappa shape index (κ2) is 5.21. The van der Waals surface area contributed by atoms with Crippen LogP contribution in [-0.4, -0.2) is 32.0 Å². The summed E-state index contributed by atoms with van der Waals surface area (Å²) in [5, 5.41) is 10.8. The number of imidazole rings is 1. The predicted octanol–water partition coefficient (Wildman–Crippen LogP) is 0.763. The van der Waals surface area contributed by atoms with Crippen molar-refractivity contribution in [2.24, 2.45) is 7.05 Å². The van der Waals surface area contributed by atoms with E-state index in [-0.39, 0.29) is 11.6 Å². The lowest BCUT2D eigenvalue weighted by Crippen LogP contribution is -2.25. The topological polar surface area (TPSA) is 85.8 Å². The predicted molar refractivity (Wildman–Crippen MR) is 65.2 cm³/mol. The Bertz CT molecular complexity index is 562. The Hall–Kier alpha value is -1.83. The molecule has 0 aliphatic heterocycles. The standard InChI is InChI=1S/C10H13N5O2S/c1-6-8(14-17-13-6)9(16)11-4-7-5-12-10(18-3)15(7)2/h5H,4H2,1-3H3,(H,11,16). The highest BCUT2D eigenvalue weighted by atomic mass is 32.2. The first kappa shape index (κ1) is 12.6. The number of aryl methyl sites for hydroxylation is 1. The molecule has 8 heteroatoms. The molecule has 0 aliphatic carbocycles. The first-order valence-electron chi connectivity index (χ1n) is 5.25. The quantitative estimate of drug-likeness (QED) is 0.823. The number of nitrogens with one attached hydrogen (secondary N) is 1. The third-order valence-corrected chi connectivity index (χ3v) is 3.27. The van der Waals surface area contributed by atoms with E-state index in [9.17, 15) is 4.79 Å². The fraction of sp³-hybridized carbons (Fsp3) is 0.400. The zero-order valence-corrected chi connectivity index (χ0v) is 11.1. The molecule has 2 aromatic heterocycles. The maximum atomic E-state index is 11.8. The van der Waals surface area contributed by atoms with Crippen LogP contribution in [0.1, 0.15) is 21.9 Å². The zero-order valence-electron chi connectivity index (χ0n) is 10.3. The van der Waals surface area contributed by atoms with Crippen LogP contribution in [0.3, 0.4) is 0 Å². The van der Waals surface area contributed by atoms with Gasteiger partial charge in [-0.25, -0.2) is 9.61 Å². The molecule has 2 rings (SSSR count).